The molecule has 178 valence electrons. The number of hydrogen-bond acceptors (Lipinski definition) is 6. The molecule has 33 heavy (non-hydrogen) atoms. The van der Waals surface area contributed by atoms with E-state index in [0.29, 0.717) is 24.3 Å². The number of carbonyl (C=O) groups is 3. The van der Waals surface area contributed by atoms with E-state index in [1.165, 1.54) is 4.57 Å². The first-order chi connectivity index (χ1) is 15.8. The van der Waals surface area contributed by atoms with Crippen LogP contribution in [-0.4, -0.2) is 63.1 Å². The normalized spacial score (nSPS) is 20.2. The number of hydrogen-bond donors (Lipinski definition) is 3. The van der Waals surface area contributed by atoms with Crippen LogP contribution in [0.4, 0.5) is 5.69 Å². The molecule has 1 aromatic heterocycles. The van der Waals surface area contributed by atoms with Crippen LogP contribution in [0.2, 0.25) is 0 Å². The van der Waals surface area contributed by atoms with Gasteiger partial charge < -0.3 is 15.3 Å². The number of likely N-dealkylation sites (tertiary alicyclic amines) is 1. The molecule has 0 bridgehead atoms. The molecule has 4 rings (SSSR count). The van der Waals surface area contributed by atoms with Gasteiger partial charge in [0.2, 0.25) is 11.8 Å². The van der Waals surface area contributed by atoms with E-state index in [0.717, 1.165) is 50.2 Å². The number of amides is 2. The number of benzene rings is 1. The highest BCUT2D eigenvalue weighted by atomic mass is 16.4. The van der Waals surface area contributed by atoms with Gasteiger partial charge in [0.05, 0.1) is 11.0 Å². The zero-order valence-corrected chi connectivity index (χ0v) is 18.9. The van der Waals surface area contributed by atoms with Crippen molar-refractivity contribution < 1.29 is 19.5 Å². The molecule has 3 N–H and O–H groups in total. The summed E-state index contributed by atoms with van der Waals surface area (Å²) in [6.07, 6.45) is 3.57. The number of piperidine rings is 2. The number of aromatic nitrogens is 2. The standard InChI is InChI=1S/C23H31N5O5/c1-26-19-13-16(24-14-15-8-11-27(12-9-15)10-2-3-21(30)31)4-5-17(19)28(23(26)33)18-6-7-20(29)25-22(18)32/h4-5,13,15,18,24H,2-3,6-12,14H2,1H3,(H,30,31)(H,25,29,32). The maximum atomic E-state index is 12.9. The quantitative estimate of drug-likeness (QED) is 0.510. The first-order valence-corrected chi connectivity index (χ1v) is 11.6. The minimum Gasteiger partial charge on any atom is -0.481 e. The molecule has 0 spiro atoms. The van der Waals surface area contributed by atoms with Gasteiger partial charge in [-0.3, -0.25) is 28.8 Å². The van der Waals surface area contributed by atoms with Crippen LogP contribution in [0.15, 0.2) is 23.0 Å². The van der Waals surface area contributed by atoms with E-state index >= 15 is 0 Å². The van der Waals surface area contributed by atoms with E-state index in [1.54, 1.807) is 11.6 Å². The maximum Gasteiger partial charge on any atom is 0.329 e. The molecule has 2 aliphatic heterocycles. The van der Waals surface area contributed by atoms with Gasteiger partial charge in [0.1, 0.15) is 6.04 Å². The van der Waals surface area contributed by atoms with Crippen LogP contribution in [0.3, 0.4) is 0 Å². The summed E-state index contributed by atoms with van der Waals surface area (Å²) < 4.78 is 3.03. The highest BCUT2D eigenvalue weighted by Crippen LogP contribution is 2.26. The fraction of sp³-hybridized carbons (Fsp3) is 0.565. The monoisotopic (exact) mass is 457 g/mol. The number of nitrogens with one attached hydrogen (secondary N) is 2. The lowest BCUT2D eigenvalue weighted by atomic mass is 9.96. The average Bonchev–Trinajstić information content (AvgIpc) is 3.03. The lowest BCUT2D eigenvalue weighted by Gasteiger charge is -2.32. The summed E-state index contributed by atoms with van der Waals surface area (Å²) in [4.78, 5) is 49.7. The molecule has 0 aliphatic carbocycles. The number of fused-ring (bicyclic) bond motifs is 1. The summed E-state index contributed by atoms with van der Waals surface area (Å²) in [6, 6.07) is 5.03. The smallest absolute Gasteiger partial charge is 0.329 e. The molecular formula is C23H31N5O5. The lowest BCUT2D eigenvalue weighted by Crippen LogP contribution is -2.44. The zero-order valence-electron chi connectivity index (χ0n) is 18.9. The van der Waals surface area contributed by atoms with Crippen LogP contribution in [0.5, 0.6) is 0 Å². The molecule has 2 fully saturated rings. The Morgan fingerprint density at radius 2 is 1.91 bits per heavy atom. The summed E-state index contributed by atoms with van der Waals surface area (Å²) in [5.41, 5.74) is 2.06. The molecule has 1 unspecified atom stereocenters. The molecule has 1 atom stereocenters. The minimum atomic E-state index is -0.740. The Hall–Kier alpha value is -3.14. The lowest BCUT2D eigenvalue weighted by molar-refractivity contribution is -0.137. The summed E-state index contributed by atoms with van der Waals surface area (Å²) in [5.74, 6) is -0.941. The van der Waals surface area contributed by atoms with Gasteiger partial charge in [0.25, 0.3) is 0 Å². The third-order valence-electron chi connectivity index (χ3n) is 6.78. The number of anilines is 1. The summed E-state index contributed by atoms with van der Waals surface area (Å²) in [5, 5.41) is 14.6. The molecule has 10 heteroatoms. The van der Waals surface area contributed by atoms with Gasteiger partial charge in [0.15, 0.2) is 0 Å². The van der Waals surface area contributed by atoms with Gasteiger partial charge >= 0.3 is 11.7 Å². The van der Waals surface area contributed by atoms with Crippen molar-refractivity contribution in [2.24, 2.45) is 13.0 Å². The van der Waals surface area contributed by atoms with Gasteiger partial charge in [-0.1, -0.05) is 0 Å². The number of aryl methyl sites for hydroxylation is 1. The number of rotatable bonds is 8. The molecule has 1 aromatic carbocycles. The Labute approximate surface area is 191 Å². The van der Waals surface area contributed by atoms with Crippen molar-refractivity contribution >= 4 is 34.5 Å². The number of carbonyl (C=O) groups excluding carboxylic acids is 2. The third kappa shape index (κ3) is 5.11. The van der Waals surface area contributed by atoms with Crippen molar-refractivity contribution in [2.75, 3.05) is 31.5 Å². The first-order valence-electron chi connectivity index (χ1n) is 11.6. The van der Waals surface area contributed by atoms with Crippen LogP contribution in [0.25, 0.3) is 11.0 Å². The topological polar surface area (TPSA) is 126 Å². The Balaban J connectivity index is 1.38. The Morgan fingerprint density at radius 3 is 2.61 bits per heavy atom. The summed E-state index contributed by atoms with van der Waals surface area (Å²) in [6.45, 7) is 3.63. The molecule has 2 amide bonds. The van der Waals surface area contributed by atoms with Gasteiger partial charge in [-0.2, -0.15) is 0 Å². The van der Waals surface area contributed by atoms with Crippen LogP contribution in [-0.2, 0) is 21.4 Å². The number of aliphatic carboxylic acids is 1. The number of nitrogens with zero attached hydrogens (tertiary/aromatic N) is 3. The second-order valence-corrected chi connectivity index (χ2v) is 9.05. The van der Waals surface area contributed by atoms with Gasteiger partial charge in [-0.05, 0) is 69.4 Å². The molecule has 0 saturated carbocycles. The second-order valence-electron chi connectivity index (χ2n) is 9.05. The highest BCUT2D eigenvalue weighted by molar-refractivity contribution is 6.00. The molecule has 2 aliphatic rings. The minimum absolute atomic E-state index is 0.219. The van der Waals surface area contributed by atoms with E-state index in [-0.39, 0.29) is 24.4 Å². The number of imidazole rings is 1. The van der Waals surface area contributed by atoms with Crippen molar-refractivity contribution in [1.29, 1.82) is 0 Å². The number of imide groups is 1. The second kappa shape index (κ2) is 9.78. The molecule has 10 nitrogen and oxygen atoms in total. The van der Waals surface area contributed by atoms with Crippen molar-refractivity contribution in [1.82, 2.24) is 19.4 Å². The van der Waals surface area contributed by atoms with Gasteiger partial charge in [0, 0.05) is 32.1 Å². The van der Waals surface area contributed by atoms with E-state index in [9.17, 15) is 19.2 Å². The van der Waals surface area contributed by atoms with Crippen LogP contribution in [0, 0.1) is 5.92 Å². The van der Waals surface area contributed by atoms with Crippen molar-refractivity contribution in [3.05, 3.63) is 28.7 Å². The Kier molecular flexibility index (Phi) is 6.83. The highest BCUT2D eigenvalue weighted by Gasteiger charge is 2.31. The van der Waals surface area contributed by atoms with E-state index in [4.69, 9.17) is 5.11 Å². The van der Waals surface area contributed by atoms with Crippen molar-refractivity contribution in [2.45, 2.75) is 44.6 Å². The number of carboxylic acid groups (broad SMARTS) is 1. The molecule has 3 heterocycles. The summed E-state index contributed by atoms with van der Waals surface area (Å²) >= 11 is 0. The predicted octanol–water partition coefficient (Wildman–Crippen LogP) is 1.31. The Morgan fingerprint density at radius 1 is 1.15 bits per heavy atom. The van der Waals surface area contributed by atoms with E-state index in [2.05, 4.69) is 15.5 Å². The van der Waals surface area contributed by atoms with Crippen LogP contribution in [0.1, 0.15) is 44.6 Å². The Bertz CT molecular complexity index is 1110. The van der Waals surface area contributed by atoms with E-state index in [1.807, 2.05) is 18.2 Å². The molecule has 2 aromatic rings. The van der Waals surface area contributed by atoms with Crippen molar-refractivity contribution in [3.8, 4) is 0 Å². The maximum absolute atomic E-state index is 12.9. The average molecular weight is 458 g/mol. The van der Waals surface area contributed by atoms with Crippen LogP contribution >= 0.6 is 0 Å². The molecular weight excluding hydrogens is 426 g/mol. The van der Waals surface area contributed by atoms with Gasteiger partial charge in [-0.25, -0.2) is 4.79 Å². The molecule has 0 radical (unpaired) electrons. The fourth-order valence-corrected chi connectivity index (χ4v) is 4.83. The first kappa shape index (κ1) is 23.0. The third-order valence-corrected chi connectivity index (χ3v) is 6.78. The van der Waals surface area contributed by atoms with Gasteiger partial charge in [-0.15, -0.1) is 0 Å². The molecule has 2 saturated heterocycles. The van der Waals surface area contributed by atoms with Crippen LogP contribution < -0.4 is 16.3 Å². The largest absolute Gasteiger partial charge is 0.481 e. The van der Waals surface area contributed by atoms with Crippen molar-refractivity contribution in [3.63, 3.8) is 0 Å². The predicted molar refractivity (Wildman–Crippen MR) is 123 cm³/mol. The van der Waals surface area contributed by atoms with E-state index < -0.39 is 17.9 Å². The SMILES string of the molecule is Cn1c(=O)n(C2CCC(=O)NC2=O)c2ccc(NCC3CCN(CCCC(=O)O)CC3)cc21. The number of carboxylic acids is 1. The fourth-order valence-electron chi connectivity index (χ4n) is 4.83. The zero-order chi connectivity index (χ0) is 23.5. The summed E-state index contributed by atoms with van der Waals surface area (Å²) in [7, 11) is 1.69.